The molecule has 0 spiro atoms. The van der Waals surface area contributed by atoms with E-state index in [0.29, 0.717) is 0 Å². The highest BCUT2D eigenvalue weighted by molar-refractivity contribution is 5.99. The summed E-state index contributed by atoms with van der Waals surface area (Å²) < 4.78 is 2.77. The molecule has 1 aliphatic rings. The van der Waals surface area contributed by atoms with E-state index in [4.69, 9.17) is 0 Å². The van der Waals surface area contributed by atoms with E-state index >= 15 is 0 Å². The van der Waals surface area contributed by atoms with Gasteiger partial charge < -0.3 is 4.28 Å². The maximum atomic E-state index is 3.69. The first kappa shape index (κ1) is 4.19. The molecule has 2 heteroatoms. The van der Waals surface area contributed by atoms with E-state index in [1.54, 1.807) is 0 Å². The van der Waals surface area contributed by atoms with Crippen molar-refractivity contribution in [3.8, 4) is 0 Å². The van der Waals surface area contributed by atoms with Crippen LogP contribution in [0.15, 0.2) is 0 Å². The summed E-state index contributed by atoms with van der Waals surface area (Å²) in [5.74, 6) is 0. The monoisotopic (exact) mass is 84.1 g/mol. The van der Waals surface area contributed by atoms with Crippen LogP contribution in [0.2, 0.25) is 0 Å². The fourth-order valence-electron chi connectivity index (χ4n) is 0.714. The summed E-state index contributed by atoms with van der Waals surface area (Å²) in [5, 5.41) is 0. The predicted molar refractivity (Wildman–Crippen MR) is 27.2 cm³/mol. The van der Waals surface area contributed by atoms with Gasteiger partial charge in [0, 0.05) is 12.8 Å². The van der Waals surface area contributed by atoms with Crippen LogP contribution in [-0.2, 0) is 4.28 Å². The van der Waals surface area contributed by atoms with Crippen LogP contribution in [0.25, 0.3) is 0 Å². The third-order valence-corrected chi connectivity index (χ3v) is 1.12. The van der Waals surface area contributed by atoms with Crippen molar-refractivity contribution in [3.63, 3.8) is 0 Å². The molecule has 0 atom stereocenters. The van der Waals surface area contributed by atoms with Gasteiger partial charge in [-0.1, -0.05) is 0 Å². The van der Waals surface area contributed by atoms with E-state index in [0.717, 1.165) is 13.2 Å². The summed E-state index contributed by atoms with van der Waals surface area (Å²) >= 11 is 0. The van der Waals surface area contributed by atoms with Crippen LogP contribution >= 0.6 is 0 Å². The Hall–Kier alpha value is 0.0249. The third kappa shape index (κ3) is 0.746. The maximum absolute atomic E-state index is 3.69. The van der Waals surface area contributed by atoms with E-state index < -0.39 is 0 Å². The van der Waals surface area contributed by atoms with Gasteiger partial charge >= 0.3 is 0 Å². The van der Waals surface area contributed by atoms with E-state index in [9.17, 15) is 0 Å². The first-order valence-corrected chi connectivity index (χ1v) is 2.37. The zero-order valence-corrected chi connectivity index (χ0v) is 3.94. The zero-order chi connectivity index (χ0) is 4.41. The van der Waals surface area contributed by atoms with Crippen molar-refractivity contribution >= 4 is 8.05 Å². The summed E-state index contributed by atoms with van der Waals surface area (Å²) in [6.07, 6.45) is 2.63. The van der Waals surface area contributed by atoms with E-state index in [2.05, 4.69) is 12.3 Å². The third-order valence-electron chi connectivity index (χ3n) is 1.12. The molecule has 1 saturated heterocycles. The van der Waals surface area contributed by atoms with Crippen molar-refractivity contribution in [2.45, 2.75) is 12.8 Å². The molecule has 0 aromatic rings. The molecule has 0 saturated carbocycles. The van der Waals surface area contributed by atoms with Crippen LogP contribution in [0.5, 0.6) is 0 Å². The fraction of sp³-hybridized carbons (Fsp3) is 1.00. The molecule has 1 aliphatic heterocycles. The zero-order valence-electron chi connectivity index (χ0n) is 3.94. The van der Waals surface area contributed by atoms with Crippen LogP contribution in [0.4, 0.5) is 0 Å². The number of rotatable bonds is 0. The second-order valence-electron chi connectivity index (χ2n) is 1.73. The summed E-state index contributed by atoms with van der Waals surface area (Å²) in [6, 6.07) is 0. The topological polar surface area (TPSA) is 2.70 Å². The molecule has 0 N–H and O–H groups in total. The van der Waals surface area contributed by atoms with Crippen LogP contribution in [-0.4, -0.2) is 21.3 Å². The second kappa shape index (κ2) is 1.65. The van der Waals surface area contributed by atoms with Gasteiger partial charge in [0.25, 0.3) is 0 Å². The van der Waals surface area contributed by atoms with Crippen molar-refractivity contribution in [3.05, 3.63) is 0 Å². The Morgan fingerprint density at radius 1 is 1.17 bits per heavy atom. The molecule has 0 aliphatic carbocycles. The van der Waals surface area contributed by atoms with Gasteiger partial charge in [-0.15, -0.1) is 0 Å². The molecule has 0 aromatic heterocycles. The van der Waals surface area contributed by atoms with Crippen molar-refractivity contribution in [2.75, 3.05) is 13.2 Å². The number of hydrogen-bond donors (Lipinski definition) is 0. The van der Waals surface area contributed by atoms with Crippen LogP contribution in [0.1, 0.15) is 12.8 Å². The largest absolute Gasteiger partial charge is 0.714 e. The Bertz CT molecular complexity index is 40.8. The van der Waals surface area contributed by atoms with Crippen LogP contribution in [0.3, 0.4) is 0 Å². The molecule has 6 heavy (non-hydrogen) atoms. The van der Waals surface area contributed by atoms with E-state index in [1.165, 1.54) is 12.8 Å². The average molecular weight is 83.9 g/mol. The normalized spacial score (nSPS) is 25.5. The molecule has 1 rings (SSSR count). The molecular formula is C4H9BO. The summed E-state index contributed by atoms with van der Waals surface area (Å²) in [6.45, 7) is 2.25. The van der Waals surface area contributed by atoms with E-state index in [-0.39, 0.29) is 0 Å². The first-order valence-electron chi connectivity index (χ1n) is 2.37. The Labute approximate surface area is 39.4 Å². The van der Waals surface area contributed by atoms with Crippen molar-refractivity contribution < 1.29 is 4.28 Å². The second-order valence-corrected chi connectivity index (χ2v) is 1.73. The van der Waals surface area contributed by atoms with Gasteiger partial charge in [-0.3, -0.25) is 0 Å². The SMILES string of the molecule is [BH-][O+]1CCCC1. The summed E-state index contributed by atoms with van der Waals surface area (Å²) in [5.41, 5.74) is 0. The fourth-order valence-corrected chi connectivity index (χ4v) is 0.714. The summed E-state index contributed by atoms with van der Waals surface area (Å²) in [7, 11) is 3.69. The van der Waals surface area contributed by atoms with Gasteiger partial charge in [0.05, 0.1) is 21.3 Å². The Balaban J connectivity index is 2.18. The molecule has 1 fully saturated rings. The molecular weight excluding hydrogens is 74.9 g/mol. The van der Waals surface area contributed by atoms with Gasteiger partial charge in [-0.25, -0.2) is 0 Å². The molecule has 1 nitrogen and oxygen atoms in total. The highest BCUT2D eigenvalue weighted by Crippen LogP contribution is 2.06. The quantitative estimate of drug-likeness (QED) is 0.290. The Morgan fingerprint density at radius 2 is 1.67 bits per heavy atom. The first-order chi connectivity index (χ1) is 2.89. The lowest BCUT2D eigenvalue weighted by Gasteiger charge is -2.18. The molecule has 34 valence electrons. The Morgan fingerprint density at radius 3 is 1.83 bits per heavy atom. The molecule has 2 radical (unpaired) electrons. The Kier molecular flexibility index (Phi) is 1.15. The average Bonchev–Trinajstić information content (AvgIpc) is 1.86. The molecule has 0 aromatic carbocycles. The van der Waals surface area contributed by atoms with Crippen LogP contribution < -0.4 is 0 Å². The minimum absolute atomic E-state index is 1.12. The van der Waals surface area contributed by atoms with Crippen molar-refractivity contribution in [1.82, 2.24) is 0 Å². The highest BCUT2D eigenvalue weighted by Gasteiger charge is 2.01. The van der Waals surface area contributed by atoms with Gasteiger partial charge in [-0.05, 0) is 0 Å². The minimum atomic E-state index is 1.12. The van der Waals surface area contributed by atoms with Crippen LogP contribution in [0, 0.1) is 0 Å². The number of hydrogen-bond acceptors (Lipinski definition) is 0. The minimum Gasteiger partial charge on any atom is -0.714 e. The lowest BCUT2D eigenvalue weighted by Crippen LogP contribution is -2.02. The van der Waals surface area contributed by atoms with Gasteiger partial charge in [0.15, 0.2) is 0 Å². The van der Waals surface area contributed by atoms with Crippen molar-refractivity contribution in [2.24, 2.45) is 0 Å². The lowest BCUT2D eigenvalue weighted by molar-refractivity contribution is 0.0726. The standard InChI is InChI=1S/C4H9BO/c5-6-3-1-2-4-6/h5H,1-4H2. The predicted octanol–water partition coefficient (Wildman–Crippen LogP) is 0.148. The maximum Gasteiger partial charge on any atom is 0.0953 e. The molecule has 0 unspecified atom stereocenters. The van der Waals surface area contributed by atoms with Gasteiger partial charge in [0.1, 0.15) is 0 Å². The van der Waals surface area contributed by atoms with Gasteiger partial charge in [-0.2, -0.15) is 0 Å². The van der Waals surface area contributed by atoms with E-state index in [1.807, 2.05) is 0 Å². The van der Waals surface area contributed by atoms with Gasteiger partial charge in [0.2, 0.25) is 0 Å². The molecule has 1 heterocycles. The highest BCUT2D eigenvalue weighted by atomic mass is 16.6. The lowest BCUT2D eigenvalue weighted by atomic mass is 10.4. The smallest absolute Gasteiger partial charge is 0.0953 e. The summed E-state index contributed by atoms with van der Waals surface area (Å²) in [4.78, 5) is 0. The molecule has 0 amide bonds. The molecule has 0 bridgehead atoms. The van der Waals surface area contributed by atoms with Crippen molar-refractivity contribution in [1.29, 1.82) is 0 Å².